The number of hydrogen-bond donors (Lipinski definition) is 1. The van der Waals surface area contributed by atoms with Crippen LogP contribution in [0.15, 0.2) is 0 Å². The third kappa shape index (κ3) is 7.59. The molecule has 0 saturated heterocycles. The highest BCUT2D eigenvalue weighted by Crippen LogP contribution is 2.03. The normalized spacial score (nSPS) is 14.7. The zero-order chi connectivity index (χ0) is 11.7. The number of amides is 1. The molecule has 0 bridgehead atoms. The van der Waals surface area contributed by atoms with Gasteiger partial charge in [0.25, 0.3) is 0 Å². The molecule has 5 heteroatoms. The van der Waals surface area contributed by atoms with Crippen molar-refractivity contribution in [2.24, 2.45) is 5.92 Å². The zero-order valence-electron chi connectivity index (χ0n) is 9.59. The van der Waals surface area contributed by atoms with E-state index in [1.807, 2.05) is 13.8 Å². The third-order valence-corrected chi connectivity index (χ3v) is 2.64. The van der Waals surface area contributed by atoms with Gasteiger partial charge < -0.3 is 14.8 Å². The van der Waals surface area contributed by atoms with E-state index in [-0.39, 0.29) is 24.5 Å². The topological polar surface area (TPSA) is 47.6 Å². The minimum atomic E-state index is -0.115. The summed E-state index contributed by atoms with van der Waals surface area (Å²) in [5.41, 5.74) is 0. The van der Waals surface area contributed by atoms with Crippen LogP contribution >= 0.6 is 11.6 Å². The van der Waals surface area contributed by atoms with Crippen LogP contribution in [-0.4, -0.2) is 44.8 Å². The van der Waals surface area contributed by atoms with Gasteiger partial charge in [-0.25, -0.2) is 0 Å². The summed E-state index contributed by atoms with van der Waals surface area (Å²) in [4.78, 5) is 11.3. The Morgan fingerprint density at radius 2 is 2.07 bits per heavy atom. The Bertz CT molecular complexity index is 178. The predicted octanol–water partition coefficient (Wildman–Crippen LogP) is 1.03. The van der Waals surface area contributed by atoms with E-state index in [0.717, 1.165) is 0 Å². The van der Waals surface area contributed by atoms with Gasteiger partial charge in [0.2, 0.25) is 5.91 Å². The quantitative estimate of drug-likeness (QED) is 0.507. The lowest BCUT2D eigenvalue weighted by Gasteiger charge is -2.18. The van der Waals surface area contributed by atoms with E-state index in [2.05, 4.69) is 5.32 Å². The Labute approximate surface area is 96.3 Å². The largest absolute Gasteiger partial charge is 0.382 e. The summed E-state index contributed by atoms with van der Waals surface area (Å²) in [6, 6.07) is 0.0704. The lowest BCUT2D eigenvalue weighted by Crippen LogP contribution is -2.39. The fraction of sp³-hybridized carbons (Fsp3) is 0.900. The first-order valence-electron chi connectivity index (χ1n) is 5.03. The summed E-state index contributed by atoms with van der Waals surface area (Å²) in [6.07, 6.45) is 0. The summed E-state index contributed by atoms with van der Waals surface area (Å²) in [5.74, 6) is 0.677. The number of nitrogens with one attached hydrogen (secondary N) is 1. The number of methoxy groups -OCH3 is 1. The molecule has 0 aromatic carbocycles. The van der Waals surface area contributed by atoms with Gasteiger partial charge in [-0.2, -0.15) is 0 Å². The third-order valence-electron chi connectivity index (χ3n) is 2.15. The van der Waals surface area contributed by atoms with Gasteiger partial charge >= 0.3 is 0 Å². The maximum absolute atomic E-state index is 11.3. The van der Waals surface area contributed by atoms with Crippen molar-refractivity contribution in [3.63, 3.8) is 0 Å². The number of carbonyl (C=O) groups excluding carboxylic acids is 1. The van der Waals surface area contributed by atoms with Crippen molar-refractivity contribution in [2.75, 3.05) is 32.8 Å². The Balaban J connectivity index is 3.55. The van der Waals surface area contributed by atoms with Crippen molar-refractivity contribution in [2.45, 2.75) is 19.9 Å². The molecule has 2 unspecified atom stereocenters. The van der Waals surface area contributed by atoms with Crippen LogP contribution < -0.4 is 5.32 Å². The van der Waals surface area contributed by atoms with Gasteiger partial charge in [-0.1, -0.05) is 6.92 Å². The highest BCUT2D eigenvalue weighted by atomic mass is 35.5. The second kappa shape index (κ2) is 8.95. The molecular weight excluding hydrogens is 218 g/mol. The molecular formula is C10H20ClNO3. The SMILES string of the molecule is COCCOCC(=O)NC(C)C(C)CCl. The van der Waals surface area contributed by atoms with E-state index in [0.29, 0.717) is 19.1 Å². The van der Waals surface area contributed by atoms with E-state index in [1.165, 1.54) is 0 Å². The molecule has 90 valence electrons. The molecule has 1 N–H and O–H groups in total. The molecule has 0 aliphatic heterocycles. The van der Waals surface area contributed by atoms with Crippen LogP contribution in [0.3, 0.4) is 0 Å². The Morgan fingerprint density at radius 1 is 1.40 bits per heavy atom. The number of ether oxygens (including phenoxy) is 2. The van der Waals surface area contributed by atoms with Crippen LogP contribution in [0.1, 0.15) is 13.8 Å². The van der Waals surface area contributed by atoms with E-state index in [9.17, 15) is 4.79 Å². The van der Waals surface area contributed by atoms with Gasteiger partial charge in [0.05, 0.1) is 13.2 Å². The maximum atomic E-state index is 11.3. The molecule has 0 aromatic rings. The number of carbonyl (C=O) groups is 1. The second-order valence-electron chi connectivity index (χ2n) is 3.53. The molecule has 0 aliphatic carbocycles. The van der Waals surface area contributed by atoms with Gasteiger partial charge in [-0.15, -0.1) is 11.6 Å². The predicted molar refractivity (Wildman–Crippen MR) is 60.2 cm³/mol. The molecule has 15 heavy (non-hydrogen) atoms. The summed E-state index contributed by atoms with van der Waals surface area (Å²) >= 11 is 5.68. The monoisotopic (exact) mass is 237 g/mol. The second-order valence-corrected chi connectivity index (χ2v) is 3.84. The summed E-state index contributed by atoms with van der Waals surface area (Å²) in [6.45, 7) is 4.93. The summed E-state index contributed by atoms with van der Waals surface area (Å²) in [5, 5.41) is 2.82. The van der Waals surface area contributed by atoms with Crippen LogP contribution in [0.5, 0.6) is 0 Å². The van der Waals surface area contributed by atoms with Crippen molar-refractivity contribution in [1.82, 2.24) is 5.32 Å². The van der Waals surface area contributed by atoms with Crippen molar-refractivity contribution < 1.29 is 14.3 Å². The lowest BCUT2D eigenvalue weighted by atomic mass is 10.1. The summed E-state index contributed by atoms with van der Waals surface area (Å²) in [7, 11) is 1.59. The first-order chi connectivity index (χ1) is 7.11. The van der Waals surface area contributed by atoms with Crippen LogP contribution in [0.25, 0.3) is 0 Å². The van der Waals surface area contributed by atoms with E-state index >= 15 is 0 Å². The van der Waals surface area contributed by atoms with Gasteiger partial charge in [0.15, 0.2) is 0 Å². The Morgan fingerprint density at radius 3 is 2.60 bits per heavy atom. The standard InChI is InChI=1S/C10H20ClNO3/c1-8(6-11)9(2)12-10(13)7-15-5-4-14-3/h8-9H,4-7H2,1-3H3,(H,12,13). The molecule has 0 aromatic heterocycles. The number of halogens is 1. The lowest BCUT2D eigenvalue weighted by molar-refractivity contribution is -0.127. The molecule has 0 fully saturated rings. The first-order valence-corrected chi connectivity index (χ1v) is 5.57. The maximum Gasteiger partial charge on any atom is 0.246 e. The van der Waals surface area contributed by atoms with Crippen LogP contribution in [-0.2, 0) is 14.3 Å². The Kier molecular flexibility index (Phi) is 8.76. The summed E-state index contributed by atoms with van der Waals surface area (Å²) < 4.78 is 9.87. The first kappa shape index (κ1) is 14.7. The van der Waals surface area contributed by atoms with Gasteiger partial charge in [-0.3, -0.25) is 4.79 Å². The van der Waals surface area contributed by atoms with Crippen LogP contribution in [0, 0.1) is 5.92 Å². The minimum absolute atomic E-state index is 0.0704. The molecule has 0 heterocycles. The zero-order valence-corrected chi connectivity index (χ0v) is 10.3. The fourth-order valence-electron chi connectivity index (χ4n) is 0.879. The van der Waals surface area contributed by atoms with E-state index < -0.39 is 0 Å². The number of alkyl halides is 1. The smallest absolute Gasteiger partial charge is 0.246 e. The van der Waals surface area contributed by atoms with Crippen LogP contribution in [0.4, 0.5) is 0 Å². The number of rotatable bonds is 8. The molecule has 0 saturated carbocycles. The van der Waals surface area contributed by atoms with Crippen molar-refractivity contribution in [3.8, 4) is 0 Å². The minimum Gasteiger partial charge on any atom is -0.382 e. The molecule has 0 aliphatic rings. The molecule has 0 spiro atoms. The highest BCUT2D eigenvalue weighted by molar-refractivity contribution is 6.18. The van der Waals surface area contributed by atoms with Crippen LogP contribution in [0.2, 0.25) is 0 Å². The molecule has 0 radical (unpaired) electrons. The van der Waals surface area contributed by atoms with Gasteiger partial charge in [-0.05, 0) is 12.8 Å². The average Bonchev–Trinajstić information content (AvgIpc) is 2.23. The van der Waals surface area contributed by atoms with Crippen molar-refractivity contribution in [3.05, 3.63) is 0 Å². The molecule has 1 amide bonds. The number of hydrogen-bond acceptors (Lipinski definition) is 3. The van der Waals surface area contributed by atoms with E-state index in [4.69, 9.17) is 21.1 Å². The van der Waals surface area contributed by atoms with E-state index in [1.54, 1.807) is 7.11 Å². The average molecular weight is 238 g/mol. The van der Waals surface area contributed by atoms with Crippen molar-refractivity contribution >= 4 is 17.5 Å². The Hall–Kier alpha value is -0.320. The van der Waals surface area contributed by atoms with Gasteiger partial charge in [0.1, 0.15) is 6.61 Å². The molecule has 0 rings (SSSR count). The van der Waals surface area contributed by atoms with Crippen molar-refractivity contribution in [1.29, 1.82) is 0 Å². The fourth-order valence-corrected chi connectivity index (χ4v) is 1.15. The molecule has 4 nitrogen and oxygen atoms in total. The molecule has 2 atom stereocenters. The van der Waals surface area contributed by atoms with Gasteiger partial charge in [0, 0.05) is 19.0 Å². The highest BCUT2D eigenvalue weighted by Gasteiger charge is 2.13.